The fourth-order valence-corrected chi connectivity index (χ4v) is 1.20. The van der Waals surface area contributed by atoms with Crippen LogP contribution in [0.3, 0.4) is 0 Å². The number of anilines is 1. The second kappa shape index (κ2) is 5.24. The minimum Gasteiger partial charge on any atom is -0.341 e. The summed E-state index contributed by atoms with van der Waals surface area (Å²) in [6, 6.07) is 7.42. The van der Waals surface area contributed by atoms with Gasteiger partial charge >= 0.3 is 6.03 Å². The van der Waals surface area contributed by atoms with Gasteiger partial charge in [0, 0.05) is 12.7 Å². The van der Waals surface area contributed by atoms with Crippen molar-refractivity contribution in [3.05, 3.63) is 29.8 Å². The van der Waals surface area contributed by atoms with E-state index in [0.29, 0.717) is 6.54 Å². The fourth-order valence-electron chi connectivity index (χ4n) is 1.20. The molecule has 4 N–H and O–H groups in total. The third-order valence-corrected chi connectivity index (χ3v) is 1.91. The minimum atomic E-state index is -0.213. The number of urea groups is 1. The number of benzene rings is 1. The first-order valence-corrected chi connectivity index (χ1v) is 4.54. The lowest BCUT2D eigenvalue weighted by atomic mass is 10.1. The van der Waals surface area contributed by atoms with Crippen molar-refractivity contribution < 1.29 is 4.79 Å². The first-order chi connectivity index (χ1) is 6.77. The number of rotatable bonds is 3. The number of nitrogens with two attached hydrogens (primary N) is 1. The van der Waals surface area contributed by atoms with Gasteiger partial charge in [-0.2, -0.15) is 0 Å². The molecule has 0 fully saturated rings. The lowest BCUT2D eigenvalue weighted by molar-refractivity contribution is 0.254. The zero-order chi connectivity index (χ0) is 10.4. The van der Waals surface area contributed by atoms with Gasteiger partial charge in [-0.1, -0.05) is 18.2 Å². The van der Waals surface area contributed by atoms with Crippen molar-refractivity contribution >= 4 is 11.7 Å². The Labute approximate surface area is 83.5 Å². The Morgan fingerprint density at radius 3 is 2.79 bits per heavy atom. The summed E-state index contributed by atoms with van der Waals surface area (Å²) >= 11 is 0. The maximum Gasteiger partial charge on any atom is 0.318 e. The maximum atomic E-state index is 11.1. The predicted octanol–water partition coefficient (Wildman–Crippen LogP) is 0.939. The quantitative estimate of drug-likeness (QED) is 0.668. The molecule has 1 aromatic carbocycles. The second-order valence-electron chi connectivity index (χ2n) is 2.90. The highest BCUT2D eigenvalue weighted by atomic mass is 16.2. The van der Waals surface area contributed by atoms with Crippen molar-refractivity contribution in [1.29, 1.82) is 0 Å². The smallest absolute Gasteiger partial charge is 0.318 e. The highest BCUT2D eigenvalue weighted by Crippen LogP contribution is 2.14. The van der Waals surface area contributed by atoms with Crippen LogP contribution in [0.5, 0.6) is 0 Å². The van der Waals surface area contributed by atoms with E-state index in [2.05, 4.69) is 10.6 Å². The summed E-state index contributed by atoms with van der Waals surface area (Å²) in [6.07, 6.45) is 0.764. The molecular formula is C10H15N3O. The van der Waals surface area contributed by atoms with E-state index in [4.69, 9.17) is 5.73 Å². The van der Waals surface area contributed by atoms with E-state index in [1.54, 1.807) is 7.05 Å². The number of hydrogen-bond acceptors (Lipinski definition) is 2. The molecule has 1 aromatic rings. The summed E-state index contributed by atoms with van der Waals surface area (Å²) in [5.41, 5.74) is 7.34. The van der Waals surface area contributed by atoms with Crippen LogP contribution in [0.15, 0.2) is 24.3 Å². The Balaban J connectivity index is 2.78. The van der Waals surface area contributed by atoms with E-state index in [9.17, 15) is 4.79 Å². The van der Waals surface area contributed by atoms with Crippen LogP contribution in [0.1, 0.15) is 5.56 Å². The van der Waals surface area contributed by atoms with E-state index in [1.807, 2.05) is 24.3 Å². The largest absolute Gasteiger partial charge is 0.341 e. The first kappa shape index (κ1) is 10.5. The highest BCUT2D eigenvalue weighted by molar-refractivity contribution is 5.89. The van der Waals surface area contributed by atoms with Gasteiger partial charge < -0.3 is 16.4 Å². The van der Waals surface area contributed by atoms with Crippen LogP contribution in [0.2, 0.25) is 0 Å². The average Bonchev–Trinajstić information content (AvgIpc) is 2.21. The topological polar surface area (TPSA) is 67.2 Å². The Hall–Kier alpha value is -1.55. The van der Waals surface area contributed by atoms with Crippen LogP contribution in [0.4, 0.5) is 10.5 Å². The molecule has 0 saturated heterocycles. The molecule has 0 unspecified atom stereocenters. The number of nitrogens with one attached hydrogen (secondary N) is 2. The van der Waals surface area contributed by atoms with Crippen LogP contribution < -0.4 is 16.4 Å². The summed E-state index contributed by atoms with van der Waals surface area (Å²) in [5, 5.41) is 5.24. The van der Waals surface area contributed by atoms with Gasteiger partial charge in [0.05, 0.1) is 0 Å². The molecule has 0 bridgehead atoms. The van der Waals surface area contributed by atoms with Crippen molar-refractivity contribution in [2.75, 3.05) is 18.9 Å². The maximum absolute atomic E-state index is 11.1. The van der Waals surface area contributed by atoms with Gasteiger partial charge in [-0.05, 0) is 24.6 Å². The normalized spacial score (nSPS) is 9.57. The lowest BCUT2D eigenvalue weighted by Crippen LogP contribution is -2.25. The van der Waals surface area contributed by atoms with Gasteiger partial charge in [0.25, 0.3) is 0 Å². The summed E-state index contributed by atoms with van der Waals surface area (Å²) in [5.74, 6) is 0. The van der Waals surface area contributed by atoms with Crippen LogP contribution in [-0.2, 0) is 6.42 Å². The molecule has 1 rings (SSSR count). The van der Waals surface area contributed by atoms with Crippen molar-refractivity contribution in [3.8, 4) is 0 Å². The van der Waals surface area contributed by atoms with Gasteiger partial charge in [0.15, 0.2) is 0 Å². The van der Waals surface area contributed by atoms with Crippen LogP contribution in [-0.4, -0.2) is 19.6 Å². The molecule has 14 heavy (non-hydrogen) atoms. The van der Waals surface area contributed by atoms with E-state index < -0.39 is 0 Å². The van der Waals surface area contributed by atoms with Crippen LogP contribution >= 0.6 is 0 Å². The Kier molecular flexibility index (Phi) is 3.94. The highest BCUT2D eigenvalue weighted by Gasteiger charge is 2.03. The van der Waals surface area contributed by atoms with Crippen LogP contribution in [0, 0.1) is 0 Å². The molecule has 0 saturated carbocycles. The predicted molar refractivity (Wildman–Crippen MR) is 57.3 cm³/mol. The van der Waals surface area contributed by atoms with Crippen LogP contribution in [0.25, 0.3) is 0 Å². The second-order valence-corrected chi connectivity index (χ2v) is 2.90. The standard InChI is InChI=1S/C10H15N3O/c1-12-10(14)13-9-5-3-2-4-8(9)6-7-11/h2-5H,6-7,11H2,1H3,(H2,12,13,14). The Morgan fingerprint density at radius 1 is 1.43 bits per heavy atom. The minimum absolute atomic E-state index is 0.213. The zero-order valence-corrected chi connectivity index (χ0v) is 8.21. The first-order valence-electron chi connectivity index (χ1n) is 4.54. The molecule has 4 heteroatoms. The van der Waals surface area contributed by atoms with Crippen molar-refractivity contribution in [2.45, 2.75) is 6.42 Å². The number of carbonyl (C=O) groups is 1. The zero-order valence-electron chi connectivity index (χ0n) is 8.21. The fraction of sp³-hybridized carbons (Fsp3) is 0.300. The average molecular weight is 193 g/mol. The molecule has 76 valence electrons. The molecule has 0 aromatic heterocycles. The SMILES string of the molecule is CNC(=O)Nc1ccccc1CCN. The monoisotopic (exact) mass is 193 g/mol. The van der Waals surface area contributed by atoms with E-state index in [0.717, 1.165) is 17.7 Å². The summed E-state index contributed by atoms with van der Waals surface area (Å²) in [4.78, 5) is 11.1. The number of carbonyl (C=O) groups excluding carboxylic acids is 1. The molecule has 0 spiro atoms. The van der Waals surface area contributed by atoms with E-state index in [-0.39, 0.29) is 6.03 Å². The van der Waals surface area contributed by atoms with Gasteiger partial charge in [-0.15, -0.1) is 0 Å². The number of hydrogen-bond donors (Lipinski definition) is 3. The molecule has 2 amide bonds. The van der Waals surface area contributed by atoms with Crippen molar-refractivity contribution in [3.63, 3.8) is 0 Å². The number of para-hydroxylation sites is 1. The molecular weight excluding hydrogens is 178 g/mol. The van der Waals surface area contributed by atoms with Gasteiger partial charge in [-0.25, -0.2) is 4.79 Å². The molecule has 0 radical (unpaired) electrons. The van der Waals surface area contributed by atoms with E-state index >= 15 is 0 Å². The Morgan fingerprint density at radius 2 is 2.14 bits per heavy atom. The van der Waals surface area contributed by atoms with Crippen molar-refractivity contribution in [2.24, 2.45) is 5.73 Å². The molecule has 0 aliphatic carbocycles. The lowest BCUT2D eigenvalue weighted by Gasteiger charge is -2.09. The molecule has 4 nitrogen and oxygen atoms in total. The summed E-state index contributed by atoms with van der Waals surface area (Å²) in [6.45, 7) is 0.576. The summed E-state index contributed by atoms with van der Waals surface area (Å²) < 4.78 is 0. The third-order valence-electron chi connectivity index (χ3n) is 1.91. The van der Waals surface area contributed by atoms with Crippen molar-refractivity contribution in [1.82, 2.24) is 5.32 Å². The Bertz CT molecular complexity index is 312. The summed E-state index contributed by atoms with van der Waals surface area (Å²) in [7, 11) is 1.58. The van der Waals surface area contributed by atoms with Gasteiger partial charge in [0.1, 0.15) is 0 Å². The molecule has 0 aliphatic rings. The molecule has 0 atom stereocenters. The number of amides is 2. The third kappa shape index (κ3) is 2.74. The van der Waals surface area contributed by atoms with E-state index in [1.165, 1.54) is 0 Å². The van der Waals surface area contributed by atoms with Gasteiger partial charge in [-0.3, -0.25) is 0 Å². The molecule has 0 aliphatic heterocycles. The van der Waals surface area contributed by atoms with Gasteiger partial charge in [0.2, 0.25) is 0 Å². The molecule has 0 heterocycles.